The van der Waals surface area contributed by atoms with E-state index >= 15 is 0 Å². The number of hydrogen-bond donors (Lipinski definition) is 2. The molecule has 0 unspecified atom stereocenters. The molecule has 2 atom stereocenters. The van der Waals surface area contributed by atoms with Crippen molar-refractivity contribution in [2.75, 3.05) is 13.1 Å². The van der Waals surface area contributed by atoms with Gasteiger partial charge in [-0.25, -0.2) is 4.79 Å². The molecule has 0 radical (unpaired) electrons. The third kappa shape index (κ3) is 3.57. The largest absolute Gasteiger partial charge is 0.481 e. The number of carboxylic acid groups (broad SMARTS) is 1. The van der Waals surface area contributed by atoms with Gasteiger partial charge in [0.25, 0.3) is 0 Å². The lowest BCUT2D eigenvalue weighted by Gasteiger charge is -2.18. The first-order chi connectivity index (χ1) is 11.8. The van der Waals surface area contributed by atoms with Crippen LogP contribution in [0, 0.1) is 11.8 Å². The SMILES string of the molecule is O=C(O)[C@@H]1CN(C(=O)NCc2noc3c2CCCC3)C[C@H]1C(F)(F)F. The molecule has 0 spiro atoms. The van der Waals surface area contributed by atoms with E-state index in [1.807, 2.05) is 0 Å². The lowest BCUT2D eigenvalue weighted by Crippen LogP contribution is -2.39. The molecule has 2 heterocycles. The predicted octanol–water partition coefficient (Wildman–Crippen LogP) is 1.96. The van der Waals surface area contributed by atoms with Crippen molar-refractivity contribution in [2.45, 2.75) is 38.4 Å². The fourth-order valence-corrected chi connectivity index (χ4v) is 3.41. The number of rotatable bonds is 3. The highest BCUT2D eigenvalue weighted by molar-refractivity contribution is 5.77. The fraction of sp³-hybridized carbons (Fsp3) is 0.667. The number of aromatic nitrogens is 1. The highest BCUT2D eigenvalue weighted by Gasteiger charge is 2.53. The first-order valence-corrected chi connectivity index (χ1v) is 8.06. The standard InChI is InChI=1S/C15H18F3N3O4/c16-15(17,18)10-7-21(6-9(10)13(22)23)14(24)19-5-11-8-3-1-2-4-12(8)25-20-11/h9-10H,1-7H2,(H,19,24)(H,22,23)/t9-,10-/m1/s1. The normalized spacial score (nSPS) is 23.4. The maximum absolute atomic E-state index is 13.0. The minimum atomic E-state index is -4.66. The second-order valence-corrected chi connectivity index (χ2v) is 6.39. The third-order valence-electron chi connectivity index (χ3n) is 4.78. The van der Waals surface area contributed by atoms with Gasteiger partial charge in [-0.2, -0.15) is 13.2 Å². The number of nitrogens with one attached hydrogen (secondary N) is 1. The summed E-state index contributed by atoms with van der Waals surface area (Å²) in [6, 6.07) is -0.731. The summed E-state index contributed by atoms with van der Waals surface area (Å²) in [7, 11) is 0. The van der Waals surface area contributed by atoms with E-state index in [0.29, 0.717) is 5.69 Å². The summed E-state index contributed by atoms with van der Waals surface area (Å²) in [4.78, 5) is 24.1. The van der Waals surface area contributed by atoms with E-state index in [0.717, 1.165) is 41.9 Å². The van der Waals surface area contributed by atoms with E-state index in [2.05, 4.69) is 10.5 Å². The number of carbonyl (C=O) groups is 2. The zero-order chi connectivity index (χ0) is 18.2. The number of amides is 2. The number of likely N-dealkylation sites (tertiary alicyclic amines) is 1. The Morgan fingerprint density at radius 2 is 2.00 bits per heavy atom. The number of aryl methyl sites for hydroxylation is 1. The molecule has 1 aliphatic carbocycles. The van der Waals surface area contributed by atoms with E-state index in [-0.39, 0.29) is 6.54 Å². The van der Waals surface area contributed by atoms with Crippen molar-refractivity contribution in [3.63, 3.8) is 0 Å². The molecule has 1 aromatic heterocycles. The minimum absolute atomic E-state index is 0.0442. The van der Waals surface area contributed by atoms with Crippen molar-refractivity contribution < 1.29 is 32.4 Å². The fourth-order valence-electron chi connectivity index (χ4n) is 3.41. The summed E-state index contributed by atoms with van der Waals surface area (Å²) in [5.41, 5.74) is 1.52. The quantitative estimate of drug-likeness (QED) is 0.858. The van der Waals surface area contributed by atoms with Gasteiger partial charge in [-0.05, 0) is 19.3 Å². The molecule has 3 rings (SSSR count). The van der Waals surface area contributed by atoms with E-state index in [4.69, 9.17) is 9.63 Å². The van der Waals surface area contributed by atoms with E-state index in [9.17, 15) is 22.8 Å². The van der Waals surface area contributed by atoms with E-state index in [1.54, 1.807) is 0 Å². The average molecular weight is 361 g/mol. The second kappa shape index (κ2) is 6.57. The van der Waals surface area contributed by atoms with Crippen LogP contribution in [0.1, 0.15) is 29.9 Å². The molecule has 25 heavy (non-hydrogen) atoms. The lowest BCUT2D eigenvalue weighted by atomic mass is 9.96. The third-order valence-corrected chi connectivity index (χ3v) is 4.78. The Morgan fingerprint density at radius 1 is 1.28 bits per heavy atom. The van der Waals surface area contributed by atoms with Crippen LogP contribution < -0.4 is 5.32 Å². The predicted molar refractivity (Wildman–Crippen MR) is 77.6 cm³/mol. The molecule has 7 nitrogen and oxygen atoms in total. The number of alkyl halides is 3. The molecule has 10 heteroatoms. The number of aliphatic carboxylic acids is 1. The molecule has 138 valence electrons. The van der Waals surface area contributed by atoms with Gasteiger partial charge in [-0.1, -0.05) is 5.16 Å². The van der Waals surface area contributed by atoms with Crippen LogP contribution in [-0.2, 0) is 24.2 Å². The minimum Gasteiger partial charge on any atom is -0.481 e. The zero-order valence-electron chi connectivity index (χ0n) is 13.3. The number of fused-ring (bicyclic) bond motifs is 1. The molecule has 0 saturated carbocycles. The molecular formula is C15H18F3N3O4. The first kappa shape index (κ1) is 17.6. The highest BCUT2D eigenvalue weighted by atomic mass is 19.4. The molecule has 0 bridgehead atoms. The highest BCUT2D eigenvalue weighted by Crippen LogP contribution is 2.37. The van der Waals surface area contributed by atoms with Crippen LogP contribution in [-0.4, -0.2) is 46.4 Å². The summed E-state index contributed by atoms with van der Waals surface area (Å²) in [5, 5.41) is 15.4. The molecule has 2 N–H and O–H groups in total. The Kier molecular flexibility index (Phi) is 4.61. The molecule has 1 saturated heterocycles. The van der Waals surface area contributed by atoms with Gasteiger partial charge >= 0.3 is 18.2 Å². The molecule has 2 aliphatic rings. The molecule has 1 aliphatic heterocycles. The van der Waals surface area contributed by atoms with Crippen molar-refractivity contribution in [1.29, 1.82) is 0 Å². The summed E-state index contributed by atoms with van der Waals surface area (Å²) in [6.07, 6.45) is -1.07. The average Bonchev–Trinajstić information content (AvgIpc) is 3.17. The van der Waals surface area contributed by atoms with E-state index in [1.165, 1.54) is 0 Å². The van der Waals surface area contributed by atoms with Crippen LogP contribution >= 0.6 is 0 Å². The topological polar surface area (TPSA) is 95.7 Å². The van der Waals surface area contributed by atoms with Crippen LogP contribution in [0.25, 0.3) is 0 Å². The van der Waals surface area contributed by atoms with Gasteiger partial charge in [0, 0.05) is 25.1 Å². The second-order valence-electron chi connectivity index (χ2n) is 6.39. The smallest absolute Gasteiger partial charge is 0.394 e. The number of halogens is 3. The summed E-state index contributed by atoms with van der Waals surface area (Å²) in [6.45, 7) is -1.09. The first-order valence-electron chi connectivity index (χ1n) is 8.06. The monoisotopic (exact) mass is 361 g/mol. The summed E-state index contributed by atoms with van der Waals surface area (Å²) in [5.74, 6) is -4.47. The van der Waals surface area contributed by atoms with Gasteiger partial charge in [0.15, 0.2) is 0 Å². The number of carbonyl (C=O) groups excluding carboxylic acids is 1. The number of nitrogens with zero attached hydrogens (tertiary/aromatic N) is 2. The van der Waals surface area contributed by atoms with Crippen LogP contribution in [0.3, 0.4) is 0 Å². The van der Waals surface area contributed by atoms with Crippen molar-refractivity contribution in [3.05, 3.63) is 17.0 Å². The van der Waals surface area contributed by atoms with Gasteiger partial charge in [0.2, 0.25) is 0 Å². The Morgan fingerprint density at radius 3 is 2.64 bits per heavy atom. The van der Waals surface area contributed by atoms with Crippen LogP contribution in [0.5, 0.6) is 0 Å². The molecule has 1 aromatic rings. The number of urea groups is 1. The van der Waals surface area contributed by atoms with Gasteiger partial charge in [0.1, 0.15) is 11.5 Å². The van der Waals surface area contributed by atoms with Crippen LogP contribution in [0.2, 0.25) is 0 Å². The Labute approximate surface area is 141 Å². The molecule has 0 aromatic carbocycles. The lowest BCUT2D eigenvalue weighted by molar-refractivity contribution is -0.187. The van der Waals surface area contributed by atoms with Crippen molar-refractivity contribution in [3.8, 4) is 0 Å². The van der Waals surface area contributed by atoms with Crippen molar-refractivity contribution >= 4 is 12.0 Å². The molecule has 1 fully saturated rings. The summed E-state index contributed by atoms with van der Waals surface area (Å²) < 4.78 is 44.1. The summed E-state index contributed by atoms with van der Waals surface area (Å²) >= 11 is 0. The van der Waals surface area contributed by atoms with Gasteiger partial charge in [-0.15, -0.1) is 0 Å². The Hall–Kier alpha value is -2.26. The number of hydrogen-bond acceptors (Lipinski definition) is 4. The van der Waals surface area contributed by atoms with E-state index < -0.39 is 43.1 Å². The Bertz CT molecular complexity index is 673. The van der Waals surface area contributed by atoms with Gasteiger partial charge in [-0.3, -0.25) is 4.79 Å². The maximum Gasteiger partial charge on any atom is 0.394 e. The number of carboxylic acids is 1. The molecular weight excluding hydrogens is 343 g/mol. The van der Waals surface area contributed by atoms with Crippen LogP contribution in [0.15, 0.2) is 4.52 Å². The Balaban J connectivity index is 1.62. The zero-order valence-corrected chi connectivity index (χ0v) is 13.3. The van der Waals surface area contributed by atoms with Crippen molar-refractivity contribution in [1.82, 2.24) is 15.4 Å². The van der Waals surface area contributed by atoms with Crippen molar-refractivity contribution in [2.24, 2.45) is 11.8 Å². The van der Waals surface area contributed by atoms with Crippen LogP contribution in [0.4, 0.5) is 18.0 Å². The van der Waals surface area contributed by atoms with Gasteiger partial charge in [0.05, 0.1) is 18.4 Å². The maximum atomic E-state index is 13.0. The molecule has 2 amide bonds. The van der Waals surface area contributed by atoms with Gasteiger partial charge < -0.3 is 19.8 Å².